The zero-order valence-corrected chi connectivity index (χ0v) is 12.4. The van der Waals surface area contributed by atoms with Crippen molar-refractivity contribution in [3.05, 3.63) is 57.9 Å². The molecule has 9 heteroatoms. The quantitative estimate of drug-likeness (QED) is 0.282. The van der Waals surface area contributed by atoms with Crippen LogP contribution in [0, 0.1) is 17.0 Å². The summed E-state index contributed by atoms with van der Waals surface area (Å²) in [6.07, 6.45) is 1.23. The van der Waals surface area contributed by atoms with Crippen LogP contribution in [0.25, 0.3) is 0 Å². The first-order valence-electron chi connectivity index (χ1n) is 6.74. The first kappa shape index (κ1) is 16.1. The van der Waals surface area contributed by atoms with Gasteiger partial charge in [0.25, 0.3) is 0 Å². The van der Waals surface area contributed by atoms with Crippen molar-refractivity contribution in [2.45, 2.75) is 19.9 Å². The number of carbonyl (C=O) groups is 1. The average Bonchev–Trinajstić information content (AvgIpc) is 2.92. The first-order valence-corrected chi connectivity index (χ1v) is 6.74. The monoisotopic (exact) mass is 317 g/mol. The predicted octanol–water partition coefficient (Wildman–Crippen LogP) is 1.35. The molecule has 0 saturated carbocycles. The Kier molecular flexibility index (Phi) is 5.03. The van der Waals surface area contributed by atoms with Gasteiger partial charge < -0.3 is 10.6 Å². The molecule has 120 valence electrons. The van der Waals surface area contributed by atoms with Gasteiger partial charge in [-0.1, -0.05) is 35.5 Å². The maximum absolute atomic E-state index is 11.6. The molecule has 0 amide bonds. The van der Waals surface area contributed by atoms with Gasteiger partial charge in [-0.05, 0) is 6.92 Å². The Bertz CT molecular complexity index is 739. The number of carbonyl (C=O) groups excluding carboxylic acids is 1. The standard InChI is InChI=1S/C14H15N5O4/c1-10-12(19(21)22)9-18(16-10)8-7-13(20)23-17-14(15)11-5-3-2-4-6-11/h2-6,9H,7-8H2,1H3,(H2,15,17). The minimum atomic E-state index is -0.611. The number of benzene rings is 1. The fourth-order valence-electron chi connectivity index (χ4n) is 1.81. The molecule has 2 rings (SSSR count). The third kappa shape index (κ3) is 4.37. The second-order valence-corrected chi connectivity index (χ2v) is 4.68. The number of hydrogen-bond acceptors (Lipinski definition) is 6. The van der Waals surface area contributed by atoms with E-state index in [4.69, 9.17) is 10.6 Å². The molecule has 1 aromatic heterocycles. The molecule has 0 bridgehead atoms. The first-order chi connectivity index (χ1) is 11.0. The molecule has 0 aliphatic rings. The van der Waals surface area contributed by atoms with E-state index < -0.39 is 10.9 Å². The van der Waals surface area contributed by atoms with Crippen molar-refractivity contribution in [3.8, 4) is 0 Å². The molecule has 0 aliphatic heterocycles. The van der Waals surface area contributed by atoms with Gasteiger partial charge in [0.15, 0.2) is 5.84 Å². The lowest BCUT2D eigenvalue weighted by Gasteiger charge is -2.01. The van der Waals surface area contributed by atoms with Crippen LogP contribution in [0.4, 0.5) is 5.69 Å². The Hall–Kier alpha value is -3.23. The van der Waals surface area contributed by atoms with E-state index in [1.165, 1.54) is 17.8 Å². The molecule has 9 nitrogen and oxygen atoms in total. The zero-order chi connectivity index (χ0) is 16.8. The minimum Gasteiger partial charge on any atom is -0.380 e. The molecule has 0 radical (unpaired) electrons. The van der Waals surface area contributed by atoms with E-state index in [1.807, 2.05) is 6.07 Å². The van der Waals surface area contributed by atoms with E-state index in [1.54, 1.807) is 24.3 Å². The molecule has 23 heavy (non-hydrogen) atoms. The van der Waals surface area contributed by atoms with Crippen LogP contribution in [-0.2, 0) is 16.2 Å². The summed E-state index contributed by atoms with van der Waals surface area (Å²) in [6.45, 7) is 1.67. The summed E-state index contributed by atoms with van der Waals surface area (Å²) in [5, 5.41) is 18.2. The fourth-order valence-corrected chi connectivity index (χ4v) is 1.81. The van der Waals surface area contributed by atoms with Crippen molar-refractivity contribution >= 4 is 17.5 Å². The third-order valence-corrected chi connectivity index (χ3v) is 2.98. The second-order valence-electron chi connectivity index (χ2n) is 4.68. The summed E-state index contributed by atoms with van der Waals surface area (Å²) in [7, 11) is 0. The zero-order valence-electron chi connectivity index (χ0n) is 12.4. The van der Waals surface area contributed by atoms with Gasteiger partial charge in [0.05, 0.1) is 17.9 Å². The molecular formula is C14H15N5O4. The number of rotatable bonds is 6. The molecule has 0 atom stereocenters. The SMILES string of the molecule is Cc1nn(CCC(=O)O/N=C(\N)c2ccccc2)cc1[N+](=O)[O-]. The number of oxime groups is 1. The summed E-state index contributed by atoms with van der Waals surface area (Å²) in [6, 6.07) is 8.86. The highest BCUT2D eigenvalue weighted by atomic mass is 16.7. The molecule has 0 saturated heterocycles. The van der Waals surface area contributed by atoms with Crippen molar-refractivity contribution in [1.82, 2.24) is 9.78 Å². The van der Waals surface area contributed by atoms with E-state index in [0.717, 1.165) is 0 Å². The summed E-state index contributed by atoms with van der Waals surface area (Å²) >= 11 is 0. The van der Waals surface area contributed by atoms with Gasteiger partial charge in [-0.2, -0.15) is 5.10 Å². The fraction of sp³-hybridized carbons (Fsp3) is 0.214. The van der Waals surface area contributed by atoms with Crippen LogP contribution in [-0.4, -0.2) is 26.5 Å². The highest BCUT2D eigenvalue weighted by Gasteiger charge is 2.16. The Morgan fingerprint density at radius 2 is 2.13 bits per heavy atom. The van der Waals surface area contributed by atoms with Crippen molar-refractivity contribution < 1.29 is 14.6 Å². The van der Waals surface area contributed by atoms with E-state index in [-0.39, 0.29) is 30.2 Å². The van der Waals surface area contributed by atoms with Gasteiger partial charge in [-0.15, -0.1) is 0 Å². The van der Waals surface area contributed by atoms with Gasteiger partial charge in [0.2, 0.25) is 0 Å². The van der Waals surface area contributed by atoms with E-state index in [0.29, 0.717) is 5.56 Å². The smallest absolute Gasteiger partial charge is 0.336 e. The average molecular weight is 317 g/mol. The van der Waals surface area contributed by atoms with Crippen LogP contribution in [0.15, 0.2) is 41.7 Å². The molecule has 0 fully saturated rings. The normalized spacial score (nSPS) is 11.3. The lowest BCUT2D eigenvalue weighted by molar-refractivity contribution is -0.385. The van der Waals surface area contributed by atoms with Gasteiger partial charge in [0, 0.05) is 5.56 Å². The lowest BCUT2D eigenvalue weighted by atomic mass is 10.2. The van der Waals surface area contributed by atoms with E-state index in [2.05, 4.69) is 10.3 Å². The summed E-state index contributed by atoms with van der Waals surface area (Å²) in [4.78, 5) is 26.5. The summed E-state index contributed by atoms with van der Waals surface area (Å²) < 4.78 is 1.32. The number of aromatic nitrogens is 2. The number of nitro groups is 1. The van der Waals surface area contributed by atoms with Crippen LogP contribution in [0.1, 0.15) is 17.7 Å². The maximum atomic E-state index is 11.6. The largest absolute Gasteiger partial charge is 0.380 e. The van der Waals surface area contributed by atoms with Crippen molar-refractivity contribution in [2.24, 2.45) is 10.9 Å². The highest BCUT2D eigenvalue weighted by molar-refractivity contribution is 5.97. The number of nitrogens with zero attached hydrogens (tertiary/aromatic N) is 4. The van der Waals surface area contributed by atoms with Gasteiger partial charge in [0.1, 0.15) is 11.9 Å². The van der Waals surface area contributed by atoms with Gasteiger partial charge in [-0.25, -0.2) is 4.79 Å². The molecule has 0 unspecified atom stereocenters. The van der Waals surface area contributed by atoms with Crippen LogP contribution in [0.5, 0.6) is 0 Å². The van der Waals surface area contributed by atoms with Crippen molar-refractivity contribution in [3.63, 3.8) is 0 Å². The van der Waals surface area contributed by atoms with Crippen LogP contribution >= 0.6 is 0 Å². The van der Waals surface area contributed by atoms with E-state index in [9.17, 15) is 14.9 Å². The maximum Gasteiger partial charge on any atom is 0.336 e. The molecule has 2 aromatic rings. The van der Waals surface area contributed by atoms with Crippen LogP contribution in [0.3, 0.4) is 0 Å². The Morgan fingerprint density at radius 3 is 2.74 bits per heavy atom. The Labute approximate surface area is 131 Å². The molecule has 1 aromatic carbocycles. The summed E-state index contributed by atoms with van der Waals surface area (Å²) in [5.41, 5.74) is 6.52. The van der Waals surface area contributed by atoms with Crippen LogP contribution < -0.4 is 5.73 Å². The number of aryl methyl sites for hydroxylation is 2. The topological polar surface area (TPSA) is 126 Å². The van der Waals surface area contributed by atoms with Crippen molar-refractivity contribution in [1.29, 1.82) is 0 Å². The molecule has 0 spiro atoms. The van der Waals surface area contributed by atoms with Crippen LogP contribution in [0.2, 0.25) is 0 Å². The highest BCUT2D eigenvalue weighted by Crippen LogP contribution is 2.15. The number of amidine groups is 1. The Balaban J connectivity index is 1.88. The van der Waals surface area contributed by atoms with E-state index >= 15 is 0 Å². The molecule has 0 aliphatic carbocycles. The Morgan fingerprint density at radius 1 is 1.43 bits per heavy atom. The molecular weight excluding hydrogens is 302 g/mol. The minimum absolute atomic E-state index is 0.0379. The van der Waals surface area contributed by atoms with Crippen molar-refractivity contribution in [2.75, 3.05) is 0 Å². The number of nitrogens with two attached hydrogens (primary N) is 1. The second kappa shape index (κ2) is 7.16. The molecule has 1 heterocycles. The number of hydrogen-bond donors (Lipinski definition) is 1. The third-order valence-electron chi connectivity index (χ3n) is 2.98. The predicted molar refractivity (Wildman–Crippen MR) is 81.5 cm³/mol. The summed E-state index contributed by atoms with van der Waals surface area (Å²) in [5.74, 6) is -0.524. The van der Waals surface area contributed by atoms with Gasteiger partial charge >= 0.3 is 11.7 Å². The van der Waals surface area contributed by atoms with Gasteiger partial charge in [-0.3, -0.25) is 14.8 Å². The molecule has 2 N–H and O–H groups in total. The lowest BCUT2D eigenvalue weighted by Crippen LogP contribution is -2.15.